The van der Waals surface area contributed by atoms with Crippen LogP contribution in [0.1, 0.15) is 12.5 Å². The highest BCUT2D eigenvalue weighted by molar-refractivity contribution is 5.51. The van der Waals surface area contributed by atoms with Gasteiger partial charge in [-0.05, 0) is 25.1 Å². The topological polar surface area (TPSA) is 35.8 Å². The molecule has 1 rings (SSSR count). The zero-order chi connectivity index (χ0) is 9.68. The van der Waals surface area contributed by atoms with Crippen LogP contribution in [0, 0.1) is 23.7 Å². The molecule has 0 aliphatic heterocycles. The van der Waals surface area contributed by atoms with E-state index in [4.69, 9.17) is 11.7 Å². The van der Waals surface area contributed by atoms with Gasteiger partial charge in [0.2, 0.25) is 0 Å². The summed E-state index contributed by atoms with van der Waals surface area (Å²) in [6.45, 7) is 1.79. The Morgan fingerprint density at radius 2 is 2.31 bits per heavy atom. The van der Waals surface area contributed by atoms with Gasteiger partial charge in [-0.3, -0.25) is 0 Å². The van der Waals surface area contributed by atoms with E-state index in [1.54, 1.807) is 6.92 Å². The molecule has 0 radical (unpaired) electrons. The molecule has 0 saturated carbocycles. The van der Waals surface area contributed by atoms with E-state index in [0.717, 1.165) is 11.3 Å². The van der Waals surface area contributed by atoms with Crippen molar-refractivity contribution < 1.29 is 0 Å². The largest absolute Gasteiger partial charge is 0.370 e. The Kier molecular flexibility index (Phi) is 2.95. The molecule has 0 aliphatic rings. The number of rotatable bonds is 2. The molecule has 1 N–H and O–H groups in total. The Bertz CT molecular complexity index is 368. The van der Waals surface area contributed by atoms with Gasteiger partial charge in [-0.25, -0.2) is 0 Å². The van der Waals surface area contributed by atoms with Crippen LogP contribution in [0.2, 0.25) is 0 Å². The summed E-state index contributed by atoms with van der Waals surface area (Å²) in [4.78, 5) is 0. The minimum absolute atomic E-state index is 0.201. The van der Waals surface area contributed by atoms with Crippen LogP contribution in [0.5, 0.6) is 0 Å². The molecule has 0 spiro atoms. The lowest BCUT2D eigenvalue weighted by Gasteiger charge is -2.07. The number of nitrogens with zero attached hydrogens (tertiary/aromatic N) is 1. The standard InChI is InChI=1S/C11H10N2/c1-3-10-5-4-6-11(7-10)13-9(2)8-12/h1,4-7,9,13H,2H3. The first-order valence-corrected chi connectivity index (χ1v) is 3.99. The van der Waals surface area contributed by atoms with Gasteiger partial charge in [0.25, 0.3) is 0 Å². The zero-order valence-corrected chi connectivity index (χ0v) is 7.41. The average molecular weight is 170 g/mol. The molecule has 0 aromatic heterocycles. The molecule has 0 aliphatic carbocycles. The quantitative estimate of drug-likeness (QED) is 0.689. The normalized spacial score (nSPS) is 11.0. The van der Waals surface area contributed by atoms with E-state index in [1.807, 2.05) is 24.3 Å². The smallest absolute Gasteiger partial charge is 0.111 e. The van der Waals surface area contributed by atoms with E-state index >= 15 is 0 Å². The second kappa shape index (κ2) is 4.18. The van der Waals surface area contributed by atoms with E-state index in [2.05, 4.69) is 17.3 Å². The summed E-state index contributed by atoms with van der Waals surface area (Å²) in [6.07, 6.45) is 5.24. The molecule has 1 aromatic rings. The predicted octanol–water partition coefficient (Wildman–Crippen LogP) is 1.99. The first kappa shape index (κ1) is 9.16. The molecule has 2 heteroatoms. The molecular weight excluding hydrogens is 160 g/mol. The Morgan fingerprint density at radius 1 is 1.54 bits per heavy atom. The van der Waals surface area contributed by atoms with Crippen LogP contribution in [-0.4, -0.2) is 6.04 Å². The highest BCUT2D eigenvalue weighted by Gasteiger charge is 1.98. The molecule has 64 valence electrons. The van der Waals surface area contributed by atoms with Crippen molar-refractivity contribution in [2.75, 3.05) is 5.32 Å². The minimum Gasteiger partial charge on any atom is -0.370 e. The van der Waals surface area contributed by atoms with Crippen LogP contribution in [0.25, 0.3) is 0 Å². The van der Waals surface area contributed by atoms with Crippen LogP contribution in [0.4, 0.5) is 5.69 Å². The molecule has 0 heterocycles. The molecule has 0 saturated heterocycles. The lowest BCUT2D eigenvalue weighted by atomic mass is 10.2. The number of anilines is 1. The second-order valence-electron chi connectivity index (χ2n) is 2.72. The van der Waals surface area contributed by atoms with Crippen molar-refractivity contribution in [3.8, 4) is 18.4 Å². The monoisotopic (exact) mass is 170 g/mol. The van der Waals surface area contributed by atoms with Crippen molar-refractivity contribution in [2.45, 2.75) is 13.0 Å². The van der Waals surface area contributed by atoms with E-state index in [9.17, 15) is 0 Å². The molecule has 2 nitrogen and oxygen atoms in total. The van der Waals surface area contributed by atoms with Gasteiger partial charge in [-0.15, -0.1) is 6.42 Å². The van der Waals surface area contributed by atoms with Crippen molar-refractivity contribution in [3.63, 3.8) is 0 Å². The third-order valence-corrected chi connectivity index (χ3v) is 1.61. The van der Waals surface area contributed by atoms with Gasteiger partial charge in [-0.2, -0.15) is 5.26 Å². The summed E-state index contributed by atoms with van der Waals surface area (Å²) in [7, 11) is 0. The third kappa shape index (κ3) is 2.54. The molecule has 0 fully saturated rings. The van der Waals surface area contributed by atoms with Crippen LogP contribution in [0.15, 0.2) is 24.3 Å². The first-order valence-electron chi connectivity index (χ1n) is 3.99. The van der Waals surface area contributed by atoms with Gasteiger partial charge in [-0.1, -0.05) is 12.0 Å². The van der Waals surface area contributed by atoms with E-state index in [0.29, 0.717) is 0 Å². The van der Waals surface area contributed by atoms with Crippen molar-refractivity contribution in [3.05, 3.63) is 29.8 Å². The molecule has 0 amide bonds. The molecule has 1 atom stereocenters. The van der Waals surface area contributed by atoms with Crippen molar-refractivity contribution >= 4 is 5.69 Å². The van der Waals surface area contributed by atoms with Crippen molar-refractivity contribution in [2.24, 2.45) is 0 Å². The second-order valence-corrected chi connectivity index (χ2v) is 2.72. The third-order valence-electron chi connectivity index (χ3n) is 1.61. The fraction of sp³-hybridized carbons (Fsp3) is 0.182. The van der Waals surface area contributed by atoms with Gasteiger partial charge >= 0.3 is 0 Å². The van der Waals surface area contributed by atoms with Gasteiger partial charge in [0.15, 0.2) is 0 Å². The van der Waals surface area contributed by atoms with E-state index in [-0.39, 0.29) is 6.04 Å². The minimum atomic E-state index is -0.201. The fourth-order valence-corrected chi connectivity index (χ4v) is 0.981. The maximum Gasteiger partial charge on any atom is 0.111 e. The number of benzene rings is 1. The van der Waals surface area contributed by atoms with Gasteiger partial charge in [0.05, 0.1) is 6.07 Å². The Balaban J connectivity index is 2.80. The molecule has 1 aromatic carbocycles. The molecular formula is C11H10N2. The number of nitrogens with one attached hydrogen (secondary N) is 1. The zero-order valence-electron chi connectivity index (χ0n) is 7.41. The van der Waals surface area contributed by atoms with Crippen LogP contribution < -0.4 is 5.32 Å². The molecule has 1 unspecified atom stereocenters. The SMILES string of the molecule is C#Cc1cccc(NC(C)C#N)c1. The average Bonchev–Trinajstić information content (AvgIpc) is 2.18. The fourth-order valence-electron chi connectivity index (χ4n) is 0.981. The number of nitriles is 1. The van der Waals surface area contributed by atoms with Crippen LogP contribution in [-0.2, 0) is 0 Å². The lowest BCUT2D eigenvalue weighted by Crippen LogP contribution is -2.11. The van der Waals surface area contributed by atoms with Crippen molar-refractivity contribution in [1.82, 2.24) is 0 Å². The summed E-state index contributed by atoms with van der Waals surface area (Å²) in [5.74, 6) is 2.54. The first-order chi connectivity index (χ1) is 6.26. The van der Waals surface area contributed by atoms with Gasteiger partial charge < -0.3 is 5.32 Å². The molecule has 0 bridgehead atoms. The summed E-state index contributed by atoms with van der Waals surface area (Å²) in [6, 6.07) is 9.32. The Labute approximate surface area is 78.2 Å². The van der Waals surface area contributed by atoms with E-state index < -0.39 is 0 Å². The predicted molar refractivity (Wildman–Crippen MR) is 53.1 cm³/mol. The summed E-state index contributed by atoms with van der Waals surface area (Å²) >= 11 is 0. The van der Waals surface area contributed by atoms with Gasteiger partial charge in [0, 0.05) is 11.3 Å². The summed E-state index contributed by atoms with van der Waals surface area (Å²) in [5, 5.41) is 11.6. The highest BCUT2D eigenvalue weighted by atomic mass is 14.9. The number of hydrogen-bond donors (Lipinski definition) is 1. The Morgan fingerprint density at radius 3 is 2.92 bits per heavy atom. The van der Waals surface area contributed by atoms with Crippen molar-refractivity contribution in [1.29, 1.82) is 5.26 Å². The maximum atomic E-state index is 8.57. The Hall–Kier alpha value is -1.93. The summed E-state index contributed by atoms with van der Waals surface area (Å²) < 4.78 is 0. The van der Waals surface area contributed by atoms with Gasteiger partial charge in [0.1, 0.15) is 6.04 Å². The highest BCUT2D eigenvalue weighted by Crippen LogP contribution is 2.10. The number of hydrogen-bond acceptors (Lipinski definition) is 2. The number of terminal acetylenes is 1. The van der Waals surface area contributed by atoms with E-state index in [1.165, 1.54) is 0 Å². The maximum absolute atomic E-state index is 8.57. The molecule has 13 heavy (non-hydrogen) atoms. The summed E-state index contributed by atoms with van der Waals surface area (Å²) in [5.41, 5.74) is 1.69. The van der Waals surface area contributed by atoms with Crippen LogP contribution in [0.3, 0.4) is 0 Å². The van der Waals surface area contributed by atoms with Crippen LogP contribution >= 0.6 is 0 Å². The lowest BCUT2D eigenvalue weighted by molar-refractivity contribution is 1.01.